The summed E-state index contributed by atoms with van der Waals surface area (Å²) in [5.41, 5.74) is 0. The van der Waals surface area contributed by atoms with E-state index in [0.717, 1.165) is 64.2 Å². The van der Waals surface area contributed by atoms with E-state index in [4.69, 9.17) is 23.3 Å². The average Bonchev–Trinajstić information content (AvgIpc) is 3.68. The van der Waals surface area contributed by atoms with Crippen molar-refractivity contribution in [1.29, 1.82) is 0 Å². The molecule has 3 fully saturated rings. The zero-order chi connectivity index (χ0) is 62.9. The standard InChI is InChI=1S/C60H116NO23P/c1-3-5-7-9-11-13-15-17-18-19-20-21-22-23-24-26-28-30-32-34-36-41(64)59(77)61-39(43(65)40(63)35-33-31-29-27-25-16-14-12-10-8-6-4-2)38-80-85(78,79)84-58-53(75)49(71)48(70)52(74)57(58)82-55-50(72)46(68)47(69)51(73)56(55)83-60-54(76)45(67)44(66)42(37-62)81-60/h39-58,60,62-76H,3-38H2,1-2H3,(H,61,77)(H,78,79)/t39-,40+,41+,42+,43-,44+,45-,46-,47-,48-,49-,50+,51+,52+,53+,54-,55-,56+,57+,58-,60+/m0/s1. The molecule has 3 aliphatic rings. The van der Waals surface area contributed by atoms with Crippen LogP contribution in [0, 0.1) is 0 Å². The second kappa shape index (κ2) is 43.6. The van der Waals surface area contributed by atoms with Gasteiger partial charge in [0.1, 0.15) is 110 Å². The molecule has 0 aromatic heterocycles. The van der Waals surface area contributed by atoms with Gasteiger partial charge in [0.25, 0.3) is 0 Å². The first-order valence-corrected chi connectivity index (χ1v) is 34.2. The highest BCUT2D eigenvalue weighted by Gasteiger charge is 2.58. The summed E-state index contributed by atoms with van der Waals surface area (Å²) in [5, 5.41) is 165. The summed E-state index contributed by atoms with van der Waals surface area (Å²) in [6.07, 6.45) is -6.01. The molecule has 1 heterocycles. The third-order valence-corrected chi connectivity index (χ3v) is 18.3. The van der Waals surface area contributed by atoms with Crippen LogP contribution in [0.5, 0.6) is 0 Å². The number of hydrogen-bond donors (Lipinski definition) is 17. The molecule has 17 N–H and O–H groups in total. The van der Waals surface area contributed by atoms with Crippen molar-refractivity contribution in [2.75, 3.05) is 13.2 Å². The molecule has 0 radical (unpaired) electrons. The summed E-state index contributed by atoms with van der Waals surface area (Å²) in [6, 6.07) is -1.68. The molecule has 2 saturated carbocycles. The Balaban J connectivity index is 1.64. The third-order valence-electron chi connectivity index (χ3n) is 17.3. The van der Waals surface area contributed by atoms with Crippen LogP contribution >= 0.6 is 7.82 Å². The van der Waals surface area contributed by atoms with E-state index < -0.39 is 155 Å². The number of hydrogen-bond acceptors (Lipinski definition) is 22. The van der Waals surface area contributed by atoms with Gasteiger partial charge in [0.05, 0.1) is 25.4 Å². The Morgan fingerprint density at radius 1 is 0.447 bits per heavy atom. The minimum Gasteiger partial charge on any atom is -0.394 e. The number of amides is 1. The maximum absolute atomic E-state index is 13.9. The van der Waals surface area contributed by atoms with Crippen LogP contribution in [-0.4, -0.2) is 229 Å². The Bertz CT molecular complexity index is 1750. The molecule has 22 atom stereocenters. The van der Waals surface area contributed by atoms with Crippen LogP contribution in [-0.2, 0) is 32.6 Å². The lowest BCUT2D eigenvalue weighted by atomic mass is 9.82. The molecule has 0 aromatic rings. The quantitative estimate of drug-likeness (QED) is 0.0307. The van der Waals surface area contributed by atoms with Crippen molar-refractivity contribution < 1.29 is 114 Å². The number of phosphoric acid groups is 1. The number of carbonyl (C=O) groups is 1. The largest absolute Gasteiger partial charge is 0.472 e. The minimum atomic E-state index is -5.69. The van der Waals surface area contributed by atoms with Gasteiger partial charge in [0.15, 0.2) is 6.29 Å². The Morgan fingerprint density at radius 2 is 0.776 bits per heavy atom. The van der Waals surface area contributed by atoms with Crippen molar-refractivity contribution in [2.45, 2.75) is 360 Å². The fraction of sp³-hybridized carbons (Fsp3) is 0.983. The van der Waals surface area contributed by atoms with Gasteiger partial charge in [-0.3, -0.25) is 13.8 Å². The summed E-state index contributed by atoms with van der Waals surface area (Å²) < 4.78 is 41.1. The zero-order valence-electron chi connectivity index (χ0n) is 51.0. The maximum Gasteiger partial charge on any atom is 0.472 e. The van der Waals surface area contributed by atoms with Gasteiger partial charge in [-0.15, -0.1) is 0 Å². The molecule has 3 rings (SSSR count). The van der Waals surface area contributed by atoms with E-state index in [1.165, 1.54) is 128 Å². The van der Waals surface area contributed by atoms with Crippen LogP contribution in [0.2, 0.25) is 0 Å². The van der Waals surface area contributed by atoms with E-state index in [0.29, 0.717) is 12.8 Å². The molecule has 0 spiro atoms. The van der Waals surface area contributed by atoms with Gasteiger partial charge in [-0.05, 0) is 12.8 Å². The van der Waals surface area contributed by atoms with Gasteiger partial charge < -0.3 is 101 Å². The second-order valence-corrected chi connectivity index (χ2v) is 25.9. The summed E-state index contributed by atoms with van der Waals surface area (Å²) in [4.78, 5) is 24.7. The smallest absolute Gasteiger partial charge is 0.394 e. The topological polar surface area (TPSA) is 416 Å². The van der Waals surface area contributed by atoms with Gasteiger partial charge in [0, 0.05) is 0 Å². The molecule has 0 bridgehead atoms. The van der Waals surface area contributed by atoms with Gasteiger partial charge in [-0.1, -0.05) is 219 Å². The molecule has 1 aliphatic heterocycles. The first-order valence-electron chi connectivity index (χ1n) is 32.7. The highest BCUT2D eigenvalue weighted by atomic mass is 31.2. The molecular weight excluding hydrogens is 1130 g/mol. The van der Waals surface area contributed by atoms with Crippen LogP contribution in [0.15, 0.2) is 0 Å². The maximum atomic E-state index is 13.9. The molecule has 0 aromatic carbocycles. The van der Waals surface area contributed by atoms with Crippen molar-refractivity contribution in [3.63, 3.8) is 0 Å². The van der Waals surface area contributed by atoms with Crippen molar-refractivity contribution in [2.24, 2.45) is 0 Å². The molecule has 1 amide bonds. The van der Waals surface area contributed by atoms with E-state index in [1.54, 1.807) is 0 Å². The molecule has 504 valence electrons. The normalized spacial score (nSPS) is 32.2. The second-order valence-electron chi connectivity index (χ2n) is 24.5. The van der Waals surface area contributed by atoms with E-state index in [-0.39, 0.29) is 12.8 Å². The Labute approximate surface area is 505 Å². The molecule has 1 unspecified atom stereocenters. The summed E-state index contributed by atoms with van der Waals surface area (Å²) in [6.45, 7) is 2.41. The fourth-order valence-electron chi connectivity index (χ4n) is 11.7. The monoisotopic (exact) mass is 1250 g/mol. The van der Waals surface area contributed by atoms with Gasteiger partial charge in [-0.25, -0.2) is 4.57 Å². The SMILES string of the molecule is CCCCCCCCCCCCCCCCCCCCCC[C@@H](O)C(=O)N[C@@H](COP(=O)(O)O[C@H]1[C@H](O)[C@@H](O)[C@H](O)[C@@H](O)[C@H]1O[C@H]1[C@H](O)[C@@H](O)[C@H](O)[C@@H](O)[C@H]1O[C@H]1O[C@H](CO)[C@@H](O)[C@H](O)[C@@H]1O)[C@H](O)[C@H](O)CCCCCCCCCCCCCC. The lowest BCUT2D eigenvalue weighted by molar-refractivity contribution is -0.350. The van der Waals surface area contributed by atoms with E-state index >= 15 is 0 Å². The van der Waals surface area contributed by atoms with Crippen molar-refractivity contribution >= 4 is 13.7 Å². The first-order chi connectivity index (χ1) is 40.6. The van der Waals surface area contributed by atoms with E-state index in [1.807, 2.05) is 0 Å². The van der Waals surface area contributed by atoms with Crippen molar-refractivity contribution in [3.05, 3.63) is 0 Å². The predicted octanol–water partition coefficient (Wildman–Crippen LogP) is 3.21. The Hall–Kier alpha value is -1.14. The first kappa shape index (κ1) is 78.1. The van der Waals surface area contributed by atoms with Crippen LogP contribution < -0.4 is 5.32 Å². The third kappa shape index (κ3) is 27.7. The number of aliphatic hydroxyl groups excluding tert-OH is 15. The Morgan fingerprint density at radius 3 is 1.16 bits per heavy atom. The molecule has 24 nitrogen and oxygen atoms in total. The molecule has 1 saturated heterocycles. The van der Waals surface area contributed by atoms with Crippen LogP contribution in [0.4, 0.5) is 0 Å². The average molecular weight is 1250 g/mol. The predicted molar refractivity (Wildman–Crippen MR) is 314 cm³/mol. The van der Waals surface area contributed by atoms with Crippen LogP contribution in [0.3, 0.4) is 0 Å². The molecular formula is C60H116NO23P. The van der Waals surface area contributed by atoms with Crippen molar-refractivity contribution in [3.8, 4) is 0 Å². The highest BCUT2D eigenvalue weighted by molar-refractivity contribution is 7.47. The number of ether oxygens (including phenoxy) is 3. The van der Waals surface area contributed by atoms with Crippen LogP contribution in [0.25, 0.3) is 0 Å². The van der Waals surface area contributed by atoms with E-state index in [9.17, 15) is 90.9 Å². The minimum absolute atomic E-state index is 0.0477. The highest BCUT2D eigenvalue weighted by Crippen LogP contribution is 2.48. The fourth-order valence-corrected chi connectivity index (χ4v) is 12.7. The summed E-state index contributed by atoms with van der Waals surface area (Å²) >= 11 is 0. The molecule has 85 heavy (non-hydrogen) atoms. The van der Waals surface area contributed by atoms with E-state index in [2.05, 4.69) is 19.2 Å². The number of phosphoric ester groups is 1. The lowest BCUT2D eigenvalue weighted by Gasteiger charge is -2.50. The number of nitrogens with one attached hydrogen (secondary N) is 1. The number of unbranched alkanes of at least 4 members (excludes halogenated alkanes) is 30. The Kier molecular flexibility index (Phi) is 40.1. The van der Waals surface area contributed by atoms with Gasteiger partial charge >= 0.3 is 7.82 Å². The summed E-state index contributed by atoms with van der Waals surface area (Å²) in [5.74, 6) is -0.978. The zero-order valence-corrected chi connectivity index (χ0v) is 51.9. The summed E-state index contributed by atoms with van der Waals surface area (Å²) in [7, 11) is -5.69. The van der Waals surface area contributed by atoms with Crippen molar-refractivity contribution in [1.82, 2.24) is 5.32 Å². The van der Waals surface area contributed by atoms with Gasteiger partial charge in [0.2, 0.25) is 5.91 Å². The lowest BCUT2D eigenvalue weighted by Crippen LogP contribution is -2.71. The van der Waals surface area contributed by atoms with Crippen LogP contribution in [0.1, 0.15) is 232 Å². The molecule has 25 heteroatoms. The molecule has 2 aliphatic carbocycles. The number of aliphatic hydroxyl groups is 15. The number of rotatable bonds is 48. The number of carbonyl (C=O) groups excluding carboxylic acids is 1. The van der Waals surface area contributed by atoms with Gasteiger partial charge in [-0.2, -0.15) is 0 Å².